The average molecular weight is 461 g/mol. The van der Waals surface area contributed by atoms with E-state index in [9.17, 15) is 22.8 Å². The summed E-state index contributed by atoms with van der Waals surface area (Å²) in [5, 5.41) is 8.88. The molecule has 0 heterocycles. The molecule has 164 valence electrons. The Morgan fingerprint density at radius 1 is 1.21 bits per heavy atom. The van der Waals surface area contributed by atoms with Gasteiger partial charge in [0.25, 0.3) is 0 Å². The van der Waals surface area contributed by atoms with Crippen LogP contribution in [0.1, 0.15) is 34.1 Å². The van der Waals surface area contributed by atoms with Gasteiger partial charge >= 0.3 is 18.1 Å². The Hall–Kier alpha value is -0.959. The monoisotopic (exact) mass is 460 g/mol. The number of carboxylic acid groups (broad SMARTS) is 1. The lowest BCUT2D eigenvalue weighted by atomic mass is 9.80. The topological polar surface area (TPSA) is 82.1 Å². The van der Waals surface area contributed by atoms with Crippen molar-refractivity contribution < 1.29 is 41.1 Å². The summed E-state index contributed by atoms with van der Waals surface area (Å²) >= 11 is 0. The molecule has 0 fully saturated rings. The van der Waals surface area contributed by atoms with Crippen LogP contribution < -0.4 is 0 Å². The van der Waals surface area contributed by atoms with Crippen LogP contribution in [0, 0.1) is 11.3 Å². The molecule has 1 atom stereocenters. The van der Waals surface area contributed by atoms with Crippen molar-refractivity contribution in [3.8, 4) is 0 Å². The number of carbonyl (C=O) groups excluding carboxylic acids is 1. The largest absolute Gasteiger partial charge is 0.478 e. The molecular weight excluding hydrogens is 429 g/mol. The van der Waals surface area contributed by atoms with E-state index in [1.54, 1.807) is 0 Å². The third-order valence-electron chi connectivity index (χ3n) is 4.44. The van der Waals surface area contributed by atoms with E-state index in [1.807, 2.05) is 47.3 Å². The van der Waals surface area contributed by atoms with Gasteiger partial charge in [-0.3, -0.25) is 0 Å². The van der Waals surface area contributed by atoms with E-state index in [0.29, 0.717) is 10.5 Å². The van der Waals surface area contributed by atoms with Crippen molar-refractivity contribution in [2.24, 2.45) is 11.3 Å². The molecule has 0 aliphatic rings. The van der Waals surface area contributed by atoms with Gasteiger partial charge in [-0.25, -0.2) is 9.59 Å². The Morgan fingerprint density at radius 3 is 2.04 bits per heavy atom. The van der Waals surface area contributed by atoms with Crippen molar-refractivity contribution in [3.05, 3.63) is 11.6 Å². The Kier molecular flexibility index (Phi) is 9.36. The number of carbonyl (C=O) groups is 2. The van der Waals surface area contributed by atoms with Crippen LogP contribution in [0.5, 0.6) is 0 Å². The molecule has 1 N–H and O–H groups in total. The maximum Gasteiger partial charge on any atom is 0.393 e. The minimum Gasteiger partial charge on any atom is -0.478 e. The molecule has 0 aliphatic carbocycles. The molecule has 0 radical (unpaired) electrons. The van der Waals surface area contributed by atoms with Crippen LogP contribution in [0.3, 0.4) is 0 Å². The smallest absolute Gasteiger partial charge is 0.393 e. The molecule has 12 heteroatoms. The van der Waals surface area contributed by atoms with Crippen LogP contribution in [0.2, 0.25) is 19.6 Å². The molecule has 0 spiro atoms. The minimum atomic E-state index is -4.76. The molecule has 0 aromatic rings. The predicted octanol–water partition coefficient (Wildman–Crippen LogP) is 2.06. The summed E-state index contributed by atoms with van der Waals surface area (Å²) in [7, 11) is -3.65. The van der Waals surface area contributed by atoms with Crippen molar-refractivity contribution in [1.82, 2.24) is 0 Å². The Labute approximate surface area is 170 Å². The van der Waals surface area contributed by atoms with Crippen LogP contribution in [0.15, 0.2) is 11.6 Å². The number of rotatable bonds is 10. The van der Waals surface area contributed by atoms with Crippen molar-refractivity contribution >= 4 is 40.5 Å². The van der Waals surface area contributed by atoms with E-state index < -0.39 is 59.0 Å². The van der Waals surface area contributed by atoms with Gasteiger partial charge in [-0.05, 0) is 25.6 Å². The van der Waals surface area contributed by atoms with Gasteiger partial charge in [-0.1, -0.05) is 27.7 Å². The molecule has 0 aliphatic heterocycles. The fourth-order valence-corrected chi connectivity index (χ4v) is 7.73. The zero-order valence-electron chi connectivity index (χ0n) is 17.7. The fraction of sp³-hybridized carbons (Fsp3) is 0.750. The Balaban J connectivity index is 6.29. The average Bonchev–Trinajstić information content (AvgIpc) is 2.42. The normalized spacial score (nSPS) is 16.6. The van der Waals surface area contributed by atoms with Crippen molar-refractivity contribution in [1.29, 1.82) is 0 Å². The van der Waals surface area contributed by atoms with E-state index in [-0.39, 0.29) is 12.0 Å². The third kappa shape index (κ3) is 8.19. The summed E-state index contributed by atoms with van der Waals surface area (Å²) in [5.41, 5.74) is -3.27. The van der Waals surface area contributed by atoms with Crippen LogP contribution in [0.25, 0.3) is 0 Å². The number of halogens is 3. The third-order valence-corrected chi connectivity index (χ3v) is 8.40. The first-order valence-electron chi connectivity index (χ1n) is 8.79. The van der Waals surface area contributed by atoms with Gasteiger partial charge in [0.15, 0.2) is 8.32 Å². The second-order valence-corrected chi connectivity index (χ2v) is 16.4. The van der Waals surface area contributed by atoms with Gasteiger partial charge in [0.2, 0.25) is 15.2 Å². The summed E-state index contributed by atoms with van der Waals surface area (Å²) in [6, 6.07) is 0. The van der Waals surface area contributed by atoms with Gasteiger partial charge in [-0.2, -0.15) is 13.2 Å². The minimum absolute atomic E-state index is 0.0597. The number of carboxylic acids is 1. The quantitative estimate of drug-likeness (QED) is 0.233. The molecular formula is C16H31F3O6Si3. The molecule has 0 aromatic carbocycles. The molecule has 28 heavy (non-hydrogen) atoms. The lowest BCUT2D eigenvalue weighted by Crippen LogP contribution is -2.61. The van der Waals surface area contributed by atoms with Crippen LogP contribution >= 0.6 is 0 Å². The summed E-state index contributed by atoms with van der Waals surface area (Å²) in [4.78, 5) is 23.6. The second kappa shape index (κ2) is 9.69. The lowest BCUT2D eigenvalue weighted by molar-refractivity contribution is -0.212. The summed E-state index contributed by atoms with van der Waals surface area (Å²) in [5.74, 6) is -3.07. The van der Waals surface area contributed by atoms with Gasteiger partial charge in [-0.15, -0.1) is 0 Å². The summed E-state index contributed by atoms with van der Waals surface area (Å²) in [6.07, 6.45) is -6.23. The SMILES string of the molecule is CC(C)C(C)(C)C(OC(=O)C(=CC(=O)O)CC(F)(F)F)(O[Si](C)(C)C)[SiH2]O[SiH3]. The van der Waals surface area contributed by atoms with Gasteiger partial charge in [0.05, 0.1) is 12.0 Å². The number of hydrogen-bond acceptors (Lipinski definition) is 5. The molecule has 0 rings (SSSR count). The summed E-state index contributed by atoms with van der Waals surface area (Å²) in [6.45, 7) is 13.0. The van der Waals surface area contributed by atoms with E-state index in [4.69, 9.17) is 18.4 Å². The van der Waals surface area contributed by atoms with Crippen LogP contribution in [0.4, 0.5) is 13.2 Å². The highest BCUT2D eigenvalue weighted by molar-refractivity contribution is 6.70. The van der Waals surface area contributed by atoms with E-state index in [0.717, 1.165) is 0 Å². The van der Waals surface area contributed by atoms with E-state index in [1.165, 1.54) is 0 Å². The fourth-order valence-electron chi connectivity index (χ4n) is 2.42. The molecule has 0 saturated heterocycles. The van der Waals surface area contributed by atoms with Crippen LogP contribution in [-0.4, -0.2) is 57.2 Å². The van der Waals surface area contributed by atoms with Crippen molar-refractivity contribution in [2.45, 2.75) is 65.3 Å². The summed E-state index contributed by atoms with van der Waals surface area (Å²) < 4.78 is 55.9. The van der Waals surface area contributed by atoms with Gasteiger partial charge < -0.3 is 18.4 Å². The predicted molar refractivity (Wildman–Crippen MR) is 108 cm³/mol. The van der Waals surface area contributed by atoms with Crippen LogP contribution in [-0.2, 0) is 22.9 Å². The standard InChI is InChI=1S/C16H31F3O6Si3/c1-10(2)14(3,4)16(27-25-26,24-28(5,6)7)23-13(22)11(8-12(20)21)9-15(17,18)19/h8,10H,9,27H2,1-7,26H3,(H,20,21). The van der Waals surface area contributed by atoms with Gasteiger partial charge in [0.1, 0.15) is 10.5 Å². The maximum atomic E-state index is 12.9. The molecule has 0 amide bonds. The van der Waals surface area contributed by atoms with Gasteiger partial charge in [0, 0.05) is 11.5 Å². The maximum absolute atomic E-state index is 12.9. The van der Waals surface area contributed by atoms with Crippen molar-refractivity contribution in [3.63, 3.8) is 0 Å². The number of aliphatic carboxylic acids is 1. The first-order chi connectivity index (χ1) is 12.4. The van der Waals surface area contributed by atoms with E-state index in [2.05, 4.69) is 0 Å². The Bertz CT molecular complexity index is 599. The highest BCUT2D eigenvalue weighted by Crippen LogP contribution is 2.43. The molecule has 6 nitrogen and oxygen atoms in total. The first-order valence-corrected chi connectivity index (χ1v) is 14.3. The zero-order valence-corrected chi connectivity index (χ0v) is 22.1. The molecule has 1 unspecified atom stereocenters. The van der Waals surface area contributed by atoms with E-state index >= 15 is 0 Å². The second-order valence-electron chi connectivity index (χ2n) is 8.47. The zero-order chi connectivity index (χ0) is 22.6. The number of ether oxygens (including phenoxy) is 1. The molecule has 0 aromatic heterocycles. The number of esters is 1. The lowest BCUT2D eigenvalue weighted by Gasteiger charge is -2.50. The van der Waals surface area contributed by atoms with Crippen molar-refractivity contribution in [2.75, 3.05) is 0 Å². The highest BCUT2D eigenvalue weighted by Gasteiger charge is 2.54. The number of hydrogen-bond donors (Lipinski definition) is 1. The molecule has 0 bridgehead atoms. The highest BCUT2D eigenvalue weighted by atomic mass is 28.4. The first kappa shape index (κ1) is 27.0. The number of alkyl halides is 3. The molecule has 0 saturated carbocycles. The Morgan fingerprint density at radius 2 is 1.71 bits per heavy atom.